The van der Waals surface area contributed by atoms with Crippen LogP contribution in [-0.2, 0) is 9.47 Å². The van der Waals surface area contributed by atoms with E-state index in [0.717, 1.165) is 24.1 Å². The van der Waals surface area contributed by atoms with Gasteiger partial charge in [-0.15, -0.1) is 0 Å². The standard InChI is InChI=1S/C23H24N2O5/c1-27-20-11-10-16(13-21(20)28-2)22-19(23(26)30-15-18-9-6-12-29-18)14-25(24-22)17-7-4-3-5-8-17/h3-5,7-8,10-11,13-14,18H,6,9,12,15H2,1-2H3. The van der Waals surface area contributed by atoms with E-state index in [4.69, 9.17) is 18.9 Å². The Hall–Kier alpha value is -3.32. The van der Waals surface area contributed by atoms with Crippen LogP contribution in [0.1, 0.15) is 23.2 Å². The summed E-state index contributed by atoms with van der Waals surface area (Å²) in [5.41, 5.74) is 2.46. The number of carbonyl (C=O) groups is 1. The highest BCUT2D eigenvalue weighted by Crippen LogP contribution is 2.33. The van der Waals surface area contributed by atoms with E-state index in [-0.39, 0.29) is 12.7 Å². The number of carbonyl (C=O) groups excluding carboxylic acids is 1. The van der Waals surface area contributed by atoms with Crippen LogP contribution >= 0.6 is 0 Å². The molecule has 1 fully saturated rings. The number of rotatable bonds is 7. The molecule has 7 nitrogen and oxygen atoms in total. The first kappa shape index (κ1) is 20.0. The minimum Gasteiger partial charge on any atom is -0.493 e. The Labute approximate surface area is 175 Å². The summed E-state index contributed by atoms with van der Waals surface area (Å²) in [5.74, 6) is 0.728. The third kappa shape index (κ3) is 4.16. The number of hydrogen-bond acceptors (Lipinski definition) is 6. The van der Waals surface area contributed by atoms with Crippen LogP contribution in [-0.4, -0.2) is 49.3 Å². The molecule has 3 aromatic rings. The molecule has 2 heterocycles. The molecular formula is C23H24N2O5. The fourth-order valence-corrected chi connectivity index (χ4v) is 3.46. The molecule has 1 unspecified atom stereocenters. The Morgan fingerprint density at radius 3 is 2.63 bits per heavy atom. The Morgan fingerprint density at radius 1 is 1.13 bits per heavy atom. The van der Waals surface area contributed by atoms with Crippen LogP contribution in [0.2, 0.25) is 0 Å². The Bertz CT molecular complexity index is 1010. The van der Waals surface area contributed by atoms with E-state index in [9.17, 15) is 4.79 Å². The lowest BCUT2D eigenvalue weighted by Crippen LogP contribution is -2.18. The molecule has 0 spiro atoms. The van der Waals surface area contributed by atoms with Crippen LogP contribution in [0.15, 0.2) is 54.7 Å². The third-order valence-corrected chi connectivity index (χ3v) is 5.04. The van der Waals surface area contributed by atoms with Crippen LogP contribution in [0.4, 0.5) is 0 Å². The van der Waals surface area contributed by atoms with E-state index in [0.29, 0.717) is 29.4 Å². The molecule has 0 aliphatic carbocycles. The van der Waals surface area contributed by atoms with Gasteiger partial charge in [0, 0.05) is 18.4 Å². The van der Waals surface area contributed by atoms with Gasteiger partial charge >= 0.3 is 5.97 Å². The van der Waals surface area contributed by atoms with Crippen molar-refractivity contribution >= 4 is 5.97 Å². The zero-order chi connectivity index (χ0) is 20.9. The zero-order valence-corrected chi connectivity index (χ0v) is 17.0. The summed E-state index contributed by atoms with van der Waals surface area (Å²) in [6.07, 6.45) is 3.55. The number of benzene rings is 2. The molecule has 0 N–H and O–H groups in total. The van der Waals surface area contributed by atoms with Gasteiger partial charge < -0.3 is 18.9 Å². The SMILES string of the molecule is COc1ccc(-c2nn(-c3ccccc3)cc2C(=O)OCC2CCCO2)cc1OC. The van der Waals surface area contributed by atoms with Crippen LogP contribution in [0.5, 0.6) is 11.5 Å². The zero-order valence-electron chi connectivity index (χ0n) is 17.0. The smallest absolute Gasteiger partial charge is 0.342 e. The van der Waals surface area contributed by atoms with Gasteiger partial charge in [0.1, 0.15) is 17.9 Å². The molecule has 0 bridgehead atoms. The first-order valence-electron chi connectivity index (χ1n) is 9.86. The van der Waals surface area contributed by atoms with E-state index in [1.54, 1.807) is 37.2 Å². The summed E-state index contributed by atoms with van der Waals surface area (Å²) < 4.78 is 23.5. The van der Waals surface area contributed by atoms with Gasteiger partial charge in [0.05, 0.1) is 26.0 Å². The van der Waals surface area contributed by atoms with Gasteiger partial charge in [-0.3, -0.25) is 0 Å². The number of para-hydroxylation sites is 1. The van der Waals surface area contributed by atoms with Crippen molar-refractivity contribution in [3.8, 4) is 28.4 Å². The van der Waals surface area contributed by atoms with Crippen molar-refractivity contribution in [3.63, 3.8) is 0 Å². The molecule has 0 radical (unpaired) electrons. The number of hydrogen-bond donors (Lipinski definition) is 0. The summed E-state index contributed by atoms with van der Waals surface area (Å²) >= 11 is 0. The molecule has 156 valence electrons. The molecule has 0 amide bonds. The normalized spacial score (nSPS) is 15.7. The number of esters is 1. The van der Waals surface area contributed by atoms with Crippen molar-refractivity contribution in [1.29, 1.82) is 0 Å². The van der Waals surface area contributed by atoms with Crippen molar-refractivity contribution in [1.82, 2.24) is 9.78 Å². The van der Waals surface area contributed by atoms with E-state index in [1.165, 1.54) is 0 Å². The molecule has 1 saturated heterocycles. The number of aromatic nitrogens is 2. The van der Waals surface area contributed by atoms with Crippen LogP contribution in [0.25, 0.3) is 16.9 Å². The molecule has 4 rings (SSSR count). The van der Waals surface area contributed by atoms with Crippen molar-refractivity contribution in [2.45, 2.75) is 18.9 Å². The molecule has 1 aromatic heterocycles. The Balaban J connectivity index is 1.70. The second kappa shape index (κ2) is 9.00. The molecule has 1 atom stereocenters. The monoisotopic (exact) mass is 408 g/mol. The van der Waals surface area contributed by atoms with E-state index in [1.807, 2.05) is 36.4 Å². The quantitative estimate of drug-likeness (QED) is 0.553. The lowest BCUT2D eigenvalue weighted by atomic mass is 10.1. The van der Waals surface area contributed by atoms with Gasteiger partial charge in [-0.1, -0.05) is 18.2 Å². The van der Waals surface area contributed by atoms with E-state index in [2.05, 4.69) is 5.10 Å². The Kier molecular flexibility index (Phi) is 5.99. The summed E-state index contributed by atoms with van der Waals surface area (Å²) in [6, 6.07) is 15.0. The lowest BCUT2D eigenvalue weighted by Gasteiger charge is -2.11. The summed E-state index contributed by atoms with van der Waals surface area (Å²) in [7, 11) is 3.15. The molecule has 1 aliphatic rings. The number of ether oxygens (including phenoxy) is 4. The topological polar surface area (TPSA) is 71.8 Å². The predicted molar refractivity (Wildman–Crippen MR) is 111 cm³/mol. The van der Waals surface area contributed by atoms with Gasteiger partial charge in [-0.25, -0.2) is 9.48 Å². The van der Waals surface area contributed by atoms with Gasteiger partial charge in [0.25, 0.3) is 0 Å². The maximum absolute atomic E-state index is 12.9. The van der Waals surface area contributed by atoms with Crippen LogP contribution in [0.3, 0.4) is 0 Å². The van der Waals surface area contributed by atoms with Gasteiger partial charge in [-0.05, 0) is 43.2 Å². The van der Waals surface area contributed by atoms with Gasteiger partial charge in [-0.2, -0.15) is 5.10 Å². The largest absolute Gasteiger partial charge is 0.493 e. The highest BCUT2D eigenvalue weighted by Gasteiger charge is 2.23. The van der Waals surface area contributed by atoms with Gasteiger partial charge in [0.15, 0.2) is 11.5 Å². The first-order chi connectivity index (χ1) is 14.7. The summed E-state index contributed by atoms with van der Waals surface area (Å²) in [5, 5.41) is 4.67. The fraction of sp³-hybridized carbons (Fsp3) is 0.304. The molecule has 1 aliphatic heterocycles. The van der Waals surface area contributed by atoms with Crippen molar-refractivity contribution in [3.05, 3.63) is 60.3 Å². The van der Waals surface area contributed by atoms with Crippen LogP contribution < -0.4 is 9.47 Å². The highest BCUT2D eigenvalue weighted by atomic mass is 16.6. The minimum absolute atomic E-state index is 0.0392. The summed E-state index contributed by atoms with van der Waals surface area (Å²) in [4.78, 5) is 12.9. The summed E-state index contributed by atoms with van der Waals surface area (Å²) in [6.45, 7) is 0.950. The molecule has 30 heavy (non-hydrogen) atoms. The average Bonchev–Trinajstić information content (AvgIpc) is 3.48. The maximum Gasteiger partial charge on any atom is 0.342 e. The molecule has 0 saturated carbocycles. The fourth-order valence-electron chi connectivity index (χ4n) is 3.46. The molecule has 2 aromatic carbocycles. The Morgan fingerprint density at radius 2 is 1.93 bits per heavy atom. The van der Waals surface area contributed by atoms with Gasteiger partial charge in [0.2, 0.25) is 0 Å². The maximum atomic E-state index is 12.9. The van der Waals surface area contributed by atoms with Crippen molar-refractivity contribution < 1.29 is 23.7 Å². The lowest BCUT2D eigenvalue weighted by molar-refractivity contribution is 0.0162. The number of nitrogens with zero attached hydrogens (tertiary/aromatic N) is 2. The second-order valence-electron chi connectivity index (χ2n) is 6.97. The second-order valence-corrected chi connectivity index (χ2v) is 6.97. The van der Waals surface area contributed by atoms with Crippen molar-refractivity contribution in [2.75, 3.05) is 27.4 Å². The van der Waals surface area contributed by atoms with Crippen molar-refractivity contribution in [2.24, 2.45) is 0 Å². The first-order valence-corrected chi connectivity index (χ1v) is 9.86. The minimum atomic E-state index is -0.433. The predicted octanol–water partition coefficient (Wildman–Crippen LogP) is 3.89. The highest BCUT2D eigenvalue weighted by molar-refractivity contribution is 5.96. The van der Waals surface area contributed by atoms with Crippen LogP contribution in [0, 0.1) is 0 Å². The third-order valence-electron chi connectivity index (χ3n) is 5.04. The van der Waals surface area contributed by atoms with E-state index >= 15 is 0 Å². The van der Waals surface area contributed by atoms with E-state index < -0.39 is 5.97 Å². The molecule has 7 heteroatoms. The molecular weight excluding hydrogens is 384 g/mol. The average molecular weight is 408 g/mol. The number of methoxy groups -OCH3 is 2.